The van der Waals surface area contributed by atoms with Gasteiger partial charge in [-0.25, -0.2) is 0 Å². The smallest absolute Gasteiger partial charge is 0.303 e. The van der Waals surface area contributed by atoms with Gasteiger partial charge < -0.3 is 28.4 Å². The van der Waals surface area contributed by atoms with Gasteiger partial charge in [-0.15, -0.1) is 0 Å². The molecule has 0 aromatic heterocycles. The van der Waals surface area contributed by atoms with Crippen molar-refractivity contribution in [1.82, 2.24) is 0 Å². The Morgan fingerprint density at radius 2 is 1.55 bits per heavy atom. The zero-order valence-corrected chi connectivity index (χ0v) is 24.2. The lowest BCUT2D eigenvalue weighted by Crippen LogP contribution is -2.62. The molecule has 0 aromatic carbocycles. The summed E-state index contributed by atoms with van der Waals surface area (Å²) in [6, 6.07) is 0. The SMILES string of the molecule is CC(=O)OC[C@H]1O[C@@H](O/C=C(\C)[C@@H]2C[C@@]3(C)C(=CC2=O)CCC[C@@H]3C)[C@H](OC(C)=O)[C@@H](OC(C)=O)[C@@H]1OC(C)=O. The minimum atomic E-state index is -1.34. The number of carbonyl (C=O) groups excluding carboxylic acids is 5. The summed E-state index contributed by atoms with van der Waals surface area (Å²) in [6.07, 6.45) is 0.485. The monoisotopic (exact) mass is 564 g/mol. The number of ketones is 1. The Morgan fingerprint density at radius 1 is 0.950 bits per heavy atom. The average Bonchev–Trinajstić information content (AvgIpc) is 2.84. The van der Waals surface area contributed by atoms with Crippen molar-refractivity contribution in [3.63, 3.8) is 0 Å². The summed E-state index contributed by atoms with van der Waals surface area (Å²) in [7, 11) is 0. The summed E-state index contributed by atoms with van der Waals surface area (Å²) < 4.78 is 33.3. The molecule has 0 bridgehead atoms. The molecule has 1 heterocycles. The Hall–Kier alpha value is -3.21. The van der Waals surface area contributed by atoms with Crippen LogP contribution >= 0.6 is 0 Å². The third-order valence-corrected chi connectivity index (χ3v) is 8.08. The maximum absolute atomic E-state index is 13.1. The van der Waals surface area contributed by atoms with Crippen LogP contribution in [0.3, 0.4) is 0 Å². The van der Waals surface area contributed by atoms with Crippen LogP contribution in [0.1, 0.15) is 74.1 Å². The van der Waals surface area contributed by atoms with Gasteiger partial charge in [0.1, 0.15) is 12.7 Å². The minimum Gasteiger partial charge on any atom is -0.468 e. The predicted octanol–water partition coefficient (Wildman–Crippen LogP) is 3.33. The zero-order valence-electron chi connectivity index (χ0n) is 24.2. The fourth-order valence-electron chi connectivity index (χ4n) is 5.83. The lowest BCUT2D eigenvalue weighted by atomic mass is 9.58. The number of hydrogen-bond acceptors (Lipinski definition) is 11. The van der Waals surface area contributed by atoms with E-state index in [9.17, 15) is 24.0 Å². The van der Waals surface area contributed by atoms with E-state index in [1.807, 2.05) is 0 Å². The summed E-state index contributed by atoms with van der Waals surface area (Å²) in [6.45, 7) is 10.5. The largest absolute Gasteiger partial charge is 0.468 e. The van der Waals surface area contributed by atoms with E-state index < -0.39 is 60.5 Å². The molecule has 2 fully saturated rings. The van der Waals surface area contributed by atoms with Gasteiger partial charge in [-0.05, 0) is 55.6 Å². The average molecular weight is 565 g/mol. The van der Waals surface area contributed by atoms with Crippen molar-refractivity contribution in [2.75, 3.05) is 6.61 Å². The fourth-order valence-corrected chi connectivity index (χ4v) is 5.83. The summed E-state index contributed by atoms with van der Waals surface area (Å²) in [5.74, 6) is -2.78. The Kier molecular flexibility index (Phi) is 10.2. The Morgan fingerprint density at radius 3 is 2.15 bits per heavy atom. The maximum Gasteiger partial charge on any atom is 0.303 e. The van der Waals surface area contributed by atoms with Crippen LogP contribution in [0.4, 0.5) is 0 Å². The first kappa shape index (κ1) is 31.3. The third-order valence-electron chi connectivity index (χ3n) is 8.08. The molecule has 11 heteroatoms. The van der Waals surface area contributed by atoms with Gasteiger partial charge in [0.25, 0.3) is 0 Å². The van der Waals surface area contributed by atoms with Crippen LogP contribution in [-0.2, 0) is 52.4 Å². The molecule has 0 amide bonds. The molecule has 222 valence electrons. The van der Waals surface area contributed by atoms with Crippen LogP contribution in [0.2, 0.25) is 0 Å². The second-order valence-electron chi connectivity index (χ2n) is 11.1. The number of hydrogen-bond donors (Lipinski definition) is 0. The Labute approximate surface area is 234 Å². The molecule has 3 rings (SSSR count). The first-order valence-corrected chi connectivity index (χ1v) is 13.6. The van der Waals surface area contributed by atoms with Crippen molar-refractivity contribution in [3.8, 4) is 0 Å². The molecule has 1 saturated carbocycles. The van der Waals surface area contributed by atoms with Gasteiger partial charge in [-0.1, -0.05) is 19.4 Å². The molecule has 40 heavy (non-hydrogen) atoms. The molecule has 0 aromatic rings. The quantitative estimate of drug-likeness (QED) is 0.243. The second-order valence-corrected chi connectivity index (χ2v) is 11.1. The van der Waals surface area contributed by atoms with Gasteiger partial charge in [0, 0.05) is 33.6 Å². The Balaban J connectivity index is 1.92. The zero-order chi connectivity index (χ0) is 29.8. The maximum atomic E-state index is 13.1. The van der Waals surface area contributed by atoms with Gasteiger partial charge in [0.15, 0.2) is 18.0 Å². The van der Waals surface area contributed by atoms with Crippen molar-refractivity contribution in [3.05, 3.63) is 23.5 Å². The van der Waals surface area contributed by atoms with Crippen molar-refractivity contribution in [2.24, 2.45) is 17.3 Å². The molecule has 0 N–H and O–H groups in total. The number of esters is 4. The van der Waals surface area contributed by atoms with Crippen LogP contribution in [0.25, 0.3) is 0 Å². The van der Waals surface area contributed by atoms with Crippen LogP contribution < -0.4 is 0 Å². The van der Waals surface area contributed by atoms with E-state index >= 15 is 0 Å². The summed E-state index contributed by atoms with van der Waals surface area (Å²) in [5, 5.41) is 0. The van der Waals surface area contributed by atoms with Crippen molar-refractivity contribution >= 4 is 29.7 Å². The molecule has 3 aliphatic rings. The van der Waals surface area contributed by atoms with Gasteiger partial charge in [-0.3, -0.25) is 24.0 Å². The molecule has 0 radical (unpaired) electrons. The van der Waals surface area contributed by atoms with E-state index in [0.29, 0.717) is 17.9 Å². The number of fused-ring (bicyclic) bond motifs is 1. The summed E-state index contributed by atoms with van der Waals surface area (Å²) in [5.41, 5.74) is 1.74. The normalized spacial score (nSPS) is 34.1. The van der Waals surface area contributed by atoms with Crippen LogP contribution in [0, 0.1) is 17.3 Å². The first-order chi connectivity index (χ1) is 18.7. The number of carbonyl (C=O) groups is 5. The molecule has 8 atom stereocenters. The Bertz CT molecular complexity index is 1080. The highest BCUT2D eigenvalue weighted by molar-refractivity contribution is 5.95. The van der Waals surface area contributed by atoms with Crippen molar-refractivity contribution < 1.29 is 52.4 Å². The van der Waals surface area contributed by atoms with E-state index in [1.165, 1.54) is 18.8 Å². The molecule has 0 unspecified atom stereocenters. The number of ether oxygens (including phenoxy) is 6. The highest BCUT2D eigenvalue weighted by atomic mass is 16.7. The molecule has 1 aliphatic heterocycles. The van der Waals surface area contributed by atoms with Crippen LogP contribution in [-0.4, -0.2) is 67.0 Å². The second kappa shape index (κ2) is 13.0. The van der Waals surface area contributed by atoms with E-state index in [4.69, 9.17) is 28.4 Å². The minimum absolute atomic E-state index is 0.000435. The lowest BCUT2D eigenvalue weighted by molar-refractivity contribution is -0.297. The summed E-state index contributed by atoms with van der Waals surface area (Å²) in [4.78, 5) is 60.5. The van der Waals surface area contributed by atoms with E-state index in [2.05, 4.69) is 13.8 Å². The highest BCUT2D eigenvalue weighted by Gasteiger charge is 2.53. The highest BCUT2D eigenvalue weighted by Crippen LogP contribution is 2.52. The number of allylic oxidation sites excluding steroid dienone is 3. The molecule has 1 saturated heterocycles. The van der Waals surface area contributed by atoms with Gasteiger partial charge in [-0.2, -0.15) is 0 Å². The van der Waals surface area contributed by atoms with Crippen molar-refractivity contribution in [1.29, 1.82) is 0 Å². The van der Waals surface area contributed by atoms with E-state index in [-0.39, 0.29) is 17.8 Å². The van der Waals surface area contributed by atoms with Gasteiger partial charge >= 0.3 is 23.9 Å². The molecular formula is C29H40O11. The first-order valence-electron chi connectivity index (χ1n) is 13.6. The van der Waals surface area contributed by atoms with Crippen molar-refractivity contribution in [2.45, 2.75) is 105 Å². The topological polar surface area (TPSA) is 141 Å². The lowest BCUT2D eigenvalue weighted by Gasteiger charge is -2.46. The van der Waals surface area contributed by atoms with Gasteiger partial charge in [0.2, 0.25) is 12.4 Å². The summed E-state index contributed by atoms with van der Waals surface area (Å²) >= 11 is 0. The van der Waals surface area contributed by atoms with Crippen LogP contribution in [0.15, 0.2) is 23.5 Å². The van der Waals surface area contributed by atoms with E-state index in [1.54, 1.807) is 13.0 Å². The molecule has 0 spiro atoms. The van der Waals surface area contributed by atoms with Crippen LogP contribution in [0.5, 0.6) is 0 Å². The van der Waals surface area contributed by atoms with Gasteiger partial charge in [0.05, 0.1) is 6.26 Å². The molecule has 11 nitrogen and oxygen atoms in total. The van der Waals surface area contributed by atoms with E-state index in [0.717, 1.165) is 40.0 Å². The predicted molar refractivity (Wildman–Crippen MR) is 139 cm³/mol. The molecule has 2 aliphatic carbocycles. The fraction of sp³-hybridized carbons (Fsp3) is 0.690. The molecular weight excluding hydrogens is 524 g/mol. The standard InChI is InChI=1S/C29H40O11/c1-15(22-12-29(7)16(2)9-8-10-21(29)11-23(22)34)13-36-28-27(39-20(6)33)26(38-19(5)32)25(37-18(4)31)24(40-28)14-35-17(3)30/h11,13,16,22,24-28H,8-10,12,14H2,1-7H3/b15-13+/t16-,22-,24+,25+,26-,27+,28+,29+/m0/s1. The third kappa shape index (κ3) is 7.30. The number of rotatable bonds is 8.